The monoisotopic (exact) mass is 380 g/mol. The second kappa shape index (κ2) is 7.30. The van der Waals surface area contributed by atoms with Crippen molar-refractivity contribution in [2.24, 2.45) is 0 Å². The van der Waals surface area contributed by atoms with E-state index in [1.165, 1.54) is 6.07 Å². The van der Waals surface area contributed by atoms with E-state index in [2.05, 4.69) is 20.9 Å². The van der Waals surface area contributed by atoms with Gasteiger partial charge in [0.15, 0.2) is 0 Å². The number of carbonyl (C=O) groups is 1. The van der Waals surface area contributed by atoms with Crippen LogP contribution in [0, 0.1) is 0 Å². The number of nitrogens with one attached hydrogen (secondary N) is 1. The summed E-state index contributed by atoms with van der Waals surface area (Å²) in [7, 11) is 0. The van der Waals surface area contributed by atoms with Crippen LogP contribution in [0.1, 0.15) is 18.4 Å². The number of hydrogen-bond donors (Lipinski definition) is 0. The molecule has 122 valence electrons. The van der Waals surface area contributed by atoms with Crippen molar-refractivity contribution in [3.05, 3.63) is 23.9 Å². The summed E-state index contributed by atoms with van der Waals surface area (Å²) in [6.07, 6.45) is -2.10. The Labute approximate surface area is 135 Å². The maximum atomic E-state index is 12.6. The van der Waals surface area contributed by atoms with Crippen molar-refractivity contribution >= 4 is 27.7 Å². The van der Waals surface area contributed by atoms with E-state index in [1.807, 2.05) is 9.80 Å². The van der Waals surface area contributed by atoms with Gasteiger partial charge in [0.05, 0.1) is 18.7 Å². The molecule has 0 aromatic carbocycles. The average molecular weight is 381 g/mol. The second-order valence-electron chi connectivity index (χ2n) is 5.12. The van der Waals surface area contributed by atoms with Crippen LogP contribution in [0.5, 0.6) is 0 Å². The van der Waals surface area contributed by atoms with E-state index in [1.54, 1.807) is 0 Å². The van der Waals surface area contributed by atoms with Gasteiger partial charge in [-0.1, -0.05) is 15.9 Å². The van der Waals surface area contributed by atoms with Crippen LogP contribution in [0.4, 0.5) is 19.0 Å². The molecule has 22 heavy (non-hydrogen) atoms. The highest BCUT2D eigenvalue weighted by Crippen LogP contribution is 2.28. The number of rotatable bonds is 3. The predicted molar refractivity (Wildman–Crippen MR) is 79.8 cm³/mol. The molecule has 1 amide bonds. The fraction of sp³-hybridized carbons (Fsp3) is 0.571. The molecule has 0 atom stereocenters. The fourth-order valence-electron chi connectivity index (χ4n) is 2.44. The largest absolute Gasteiger partial charge is 0.419 e. The molecule has 1 aliphatic rings. The molecule has 8 heteroatoms. The van der Waals surface area contributed by atoms with Crippen molar-refractivity contribution < 1.29 is 22.9 Å². The van der Waals surface area contributed by atoms with Gasteiger partial charge in [0.1, 0.15) is 12.7 Å². The van der Waals surface area contributed by atoms with Gasteiger partial charge in [-0.2, -0.15) is 13.2 Å². The van der Waals surface area contributed by atoms with Gasteiger partial charge >= 0.3 is 6.18 Å². The van der Waals surface area contributed by atoms with E-state index in [0.29, 0.717) is 43.7 Å². The summed E-state index contributed by atoms with van der Waals surface area (Å²) in [4.78, 5) is 18.4. The normalized spacial score (nSPS) is 16.5. The summed E-state index contributed by atoms with van der Waals surface area (Å²) in [5.41, 5.74) is -0.694. The number of anilines is 1. The fourth-order valence-corrected chi connectivity index (χ4v) is 2.78. The lowest BCUT2D eigenvalue weighted by Gasteiger charge is -2.19. The first-order valence-electron chi connectivity index (χ1n) is 7.09. The summed E-state index contributed by atoms with van der Waals surface area (Å²) in [5.74, 6) is 0.748. The average Bonchev–Trinajstić information content (AvgIpc) is 2.73. The number of aromatic nitrogens is 1. The van der Waals surface area contributed by atoms with Crippen molar-refractivity contribution in [3.8, 4) is 0 Å². The minimum absolute atomic E-state index is 0.107. The minimum atomic E-state index is -4.34. The number of carbonyl (C=O) groups excluding carboxylic acids is 1. The Balaban J connectivity index is 2.00. The van der Waals surface area contributed by atoms with E-state index in [-0.39, 0.29) is 5.91 Å². The Morgan fingerprint density at radius 2 is 2.00 bits per heavy atom. The van der Waals surface area contributed by atoms with E-state index >= 15 is 0 Å². The highest BCUT2D eigenvalue weighted by atomic mass is 79.9. The maximum absolute atomic E-state index is 12.6. The third kappa shape index (κ3) is 4.34. The Morgan fingerprint density at radius 3 is 2.59 bits per heavy atom. The Bertz CT molecular complexity index is 507. The summed E-state index contributed by atoms with van der Waals surface area (Å²) < 4.78 is 37.7. The molecule has 1 saturated heterocycles. The Morgan fingerprint density at radius 1 is 1.23 bits per heavy atom. The molecule has 1 aromatic heterocycles. The first-order valence-corrected chi connectivity index (χ1v) is 8.21. The number of amides is 1. The van der Waals surface area contributed by atoms with E-state index in [0.717, 1.165) is 18.7 Å². The zero-order valence-corrected chi connectivity index (χ0v) is 13.6. The molecule has 1 aliphatic heterocycles. The quantitative estimate of drug-likeness (QED) is 0.754. The lowest BCUT2D eigenvalue weighted by molar-refractivity contribution is -0.367. The van der Waals surface area contributed by atoms with Crippen LogP contribution in [0.25, 0.3) is 0 Å². The lowest BCUT2D eigenvalue weighted by atomic mass is 10.2. The number of H-pyrrole nitrogens is 1. The minimum Gasteiger partial charge on any atom is -0.339 e. The van der Waals surface area contributed by atoms with Crippen molar-refractivity contribution in [3.63, 3.8) is 0 Å². The van der Waals surface area contributed by atoms with E-state index in [9.17, 15) is 18.0 Å². The van der Waals surface area contributed by atoms with Gasteiger partial charge in [-0.15, -0.1) is 0 Å². The van der Waals surface area contributed by atoms with Gasteiger partial charge < -0.3 is 4.90 Å². The molecule has 4 nitrogen and oxygen atoms in total. The summed E-state index contributed by atoms with van der Waals surface area (Å²) in [6.45, 7) is 2.58. The summed E-state index contributed by atoms with van der Waals surface area (Å²) in [5, 5.41) is 0.638. The molecule has 2 rings (SSSR count). The third-order valence-corrected chi connectivity index (χ3v) is 4.02. The number of nitrogens with zero attached hydrogens (tertiary/aromatic N) is 2. The van der Waals surface area contributed by atoms with Gasteiger partial charge in [-0.25, -0.2) is 4.98 Å². The van der Waals surface area contributed by atoms with Crippen LogP contribution in [-0.2, 0) is 11.0 Å². The van der Waals surface area contributed by atoms with Crippen molar-refractivity contribution in [2.75, 3.05) is 36.4 Å². The standard InChI is InChI=1S/C14H17BrF3N3O/c15-5-4-13(22)21-7-1-6-20(8-9-21)12-3-2-11(10-19-12)14(16,17)18/h2-3,10H,1,4-9H2/p+1. The molecule has 0 spiro atoms. The highest BCUT2D eigenvalue weighted by molar-refractivity contribution is 9.09. The van der Waals surface area contributed by atoms with Gasteiger partial charge in [0.25, 0.3) is 5.82 Å². The van der Waals surface area contributed by atoms with Gasteiger partial charge in [-0.3, -0.25) is 9.69 Å². The number of aromatic amines is 1. The topological polar surface area (TPSA) is 37.7 Å². The van der Waals surface area contributed by atoms with Gasteiger partial charge in [-0.05, 0) is 6.07 Å². The van der Waals surface area contributed by atoms with E-state index in [4.69, 9.17) is 0 Å². The molecule has 0 bridgehead atoms. The number of halogens is 4. The Kier molecular flexibility index (Phi) is 5.66. The molecule has 2 heterocycles. The lowest BCUT2D eigenvalue weighted by Crippen LogP contribution is -2.36. The molecule has 1 N–H and O–H groups in total. The summed E-state index contributed by atoms with van der Waals surface area (Å²) in [6, 6.07) is 2.52. The number of alkyl halides is 4. The third-order valence-electron chi connectivity index (χ3n) is 3.62. The van der Waals surface area contributed by atoms with Gasteiger partial charge in [0.2, 0.25) is 5.91 Å². The first kappa shape index (κ1) is 17.1. The van der Waals surface area contributed by atoms with Crippen LogP contribution >= 0.6 is 15.9 Å². The van der Waals surface area contributed by atoms with Crippen LogP contribution in [-0.4, -0.2) is 42.3 Å². The molecule has 0 saturated carbocycles. The second-order valence-corrected chi connectivity index (χ2v) is 5.91. The van der Waals surface area contributed by atoms with Crippen molar-refractivity contribution in [2.45, 2.75) is 19.0 Å². The highest BCUT2D eigenvalue weighted by Gasteiger charge is 2.32. The summed E-state index contributed by atoms with van der Waals surface area (Å²) >= 11 is 3.25. The van der Waals surface area contributed by atoms with Gasteiger partial charge in [0, 0.05) is 30.8 Å². The number of pyridine rings is 1. The van der Waals surface area contributed by atoms with Crippen LogP contribution in [0.15, 0.2) is 18.3 Å². The number of hydrogen-bond acceptors (Lipinski definition) is 2. The molecular formula is C14H18BrF3N3O+. The maximum Gasteiger partial charge on any atom is 0.419 e. The molecule has 1 fully saturated rings. The zero-order chi connectivity index (χ0) is 16.2. The van der Waals surface area contributed by atoms with Crippen molar-refractivity contribution in [1.82, 2.24) is 4.90 Å². The zero-order valence-electron chi connectivity index (χ0n) is 12.0. The Hall–Kier alpha value is -1.31. The first-order chi connectivity index (χ1) is 10.4. The SMILES string of the molecule is O=C(CCBr)N1CCCN(c2ccc(C(F)(F)F)c[nH+]2)CC1. The molecule has 0 radical (unpaired) electrons. The van der Waals surface area contributed by atoms with Crippen LogP contribution in [0.3, 0.4) is 0 Å². The smallest absolute Gasteiger partial charge is 0.339 e. The molecule has 0 unspecified atom stereocenters. The van der Waals surface area contributed by atoms with Crippen molar-refractivity contribution in [1.29, 1.82) is 0 Å². The molecular weight excluding hydrogens is 363 g/mol. The molecule has 1 aromatic rings. The van der Waals surface area contributed by atoms with E-state index < -0.39 is 11.7 Å². The molecule has 0 aliphatic carbocycles. The predicted octanol–water partition coefficient (Wildman–Crippen LogP) is 2.34. The van der Waals surface area contributed by atoms with Crippen LogP contribution < -0.4 is 9.88 Å². The van der Waals surface area contributed by atoms with Crippen LogP contribution in [0.2, 0.25) is 0 Å².